The van der Waals surface area contributed by atoms with Gasteiger partial charge in [-0.2, -0.15) is 0 Å². The van der Waals surface area contributed by atoms with Crippen molar-refractivity contribution in [2.24, 2.45) is 11.8 Å². The van der Waals surface area contributed by atoms with E-state index in [1.54, 1.807) is 23.7 Å². The lowest BCUT2D eigenvalue weighted by Crippen LogP contribution is -2.57. The van der Waals surface area contributed by atoms with E-state index < -0.39 is 28.7 Å². The number of rotatable bonds is 6. The highest BCUT2D eigenvalue weighted by atomic mass is 79.9. The van der Waals surface area contributed by atoms with Gasteiger partial charge in [-0.05, 0) is 24.8 Å². The summed E-state index contributed by atoms with van der Waals surface area (Å²) in [6, 6.07) is 8.11. The highest BCUT2D eigenvalue weighted by Crippen LogP contribution is 2.68. The quantitative estimate of drug-likeness (QED) is 0.473. The molecule has 3 saturated heterocycles. The van der Waals surface area contributed by atoms with Crippen molar-refractivity contribution in [3.63, 3.8) is 0 Å². The Labute approximate surface area is 212 Å². The van der Waals surface area contributed by atoms with Gasteiger partial charge >= 0.3 is 0 Å². The Balaban J connectivity index is 1.57. The van der Waals surface area contributed by atoms with Crippen LogP contribution in [0.15, 0.2) is 30.3 Å². The summed E-state index contributed by atoms with van der Waals surface area (Å²) in [6.45, 7) is -0.289. The molecule has 4 fully saturated rings. The largest absolute Gasteiger partial charge is 0.394 e. The minimum atomic E-state index is -0.742. The number of aliphatic hydroxyl groups is 1. The van der Waals surface area contributed by atoms with Gasteiger partial charge < -0.3 is 20.6 Å². The maximum atomic E-state index is 14.1. The van der Waals surface area contributed by atoms with Gasteiger partial charge in [0.05, 0.1) is 29.2 Å². The second-order valence-electron chi connectivity index (χ2n) is 9.98. The van der Waals surface area contributed by atoms with E-state index in [2.05, 4.69) is 26.6 Å². The summed E-state index contributed by atoms with van der Waals surface area (Å²) in [6.07, 6.45) is 5.90. The molecule has 184 valence electrons. The minimum Gasteiger partial charge on any atom is -0.394 e. The van der Waals surface area contributed by atoms with Crippen LogP contribution in [0.1, 0.15) is 50.1 Å². The predicted octanol–water partition coefficient (Wildman–Crippen LogP) is 2.38. The van der Waals surface area contributed by atoms with E-state index in [0.717, 1.165) is 31.2 Å². The monoisotopic (exact) mass is 549 g/mol. The first-order valence-electron chi connectivity index (χ1n) is 12.2. The van der Waals surface area contributed by atoms with Gasteiger partial charge in [-0.1, -0.05) is 65.5 Å². The number of benzene rings is 1. The number of halogens is 1. The summed E-state index contributed by atoms with van der Waals surface area (Å²) in [5, 5.41) is 16.4. The molecule has 1 spiro atoms. The number of nitrogens with one attached hydrogen (secondary N) is 2. The Hall–Kier alpha value is -1.58. The van der Waals surface area contributed by atoms with E-state index >= 15 is 0 Å². The third-order valence-electron chi connectivity index (χ3n) is 8.17. The number of hydrogen-bond donors (Lipinski definition) is 3. The van der Waals surface area contributed by atoms with Crippen molar-refractivity contribution in [3.05, 3.63) is 35.9 Å². The summed E-state index contributed by atoms with van der Waals surface area (Å²) in [4.78, 5) is 42.7. The van der Waals surface area contributed by atoms with Crippen LogP contribution in [0.25, 0.3) is 0 Å². The number of carbonyl (C=O) groups excluding carboxylic acids is 3. The average molecular weight is 551 g/mol. The summed E-state index contributed by atoms with van der Waals surface area (Å²) < 4.78 is -0.700. The molecule has 1 aromatic carbocycles. The number of carbonyl (C=O) groups is 3. The maximum Gasteiger partial charge on any atom is 0.244 e. The van der Waals surface area contributed by atoms with Crippen molar-refractivity contribution >= 4 is 45.4 Å². The molecule has 1 aromatic rings. The molecule has 7 nitrogen and oxygen atoms in total. The van der Waals surface area contributed by atoms with Crippen LogP contribution < -0.4 is 10.6 Å². The first kappa shape index (κ1) is 24.1. The minimum absolute atomic E-state index is 0.0399. The van der Waals surface area contributed by atoms with Crippen LogP contribution in [-0.2, 0) is 14.4 Å². The van der Waals surface area contributed by atoms with Gasteiger partial charge in [0.2, 0.25) is 17.7 Å². The number of fused-ring (bicyclic) bond motifs is 1. The molecule has 3 unspecified atom stereocenters. The standard InChI is InChI=1S/C25H32BrN3O4S/c1-27-22(31)18-19-24(33)29(17(13-30)14-8-4-2-5-9-14)21(25(19)12-16(26)20(18)34-25)23(32)28-15-10-6-3-7-11-15/h2,4-5,8-9,15-21,30H,3,6-7,10-13H2,1H3,(H,27,31)(H,28,32)/t16?,17-,18+,19+,20+,21?,25?/m1/s1. The molecule has 5 rings (SSSR count). The zero-order valence-electron chi connectivity index (χ0n) is 19.3. The molecule has 3 amide bonds. The second-order valence-corrected chi connectivity index (χ2v) is 12.7. The Morgan fingerprint density at radius 3 is 2.56 bits per heavy atom. The zero-order valence-corrected chi connectivity index (χ0v) is 21.7. The van der Waals surface area contributed by atoms with Crippen molar-refractivity contribution in [1.29, 1.82) is 0 Å². The number of likely N-dealkylation sites (tertiary alicyclic amines) is 1. The fraction of sp³-hybridized carbons (Fsp3) is 0.640. The van der Waals surface area contributed by atoms with Gasteiger partial charge in [-0.25, -0.2) is 0 Å². The van der Waals surface area contributed by atoms with E-state index in [-0.39, 0.29) is 40.4 Å². The van der Waals surface area contributed by atoms with Crippen LogP contribution in [0.2, 0.25) is 0 Å². The Morgan fingerprint density at radius 2 is 1.91 bits per heavy atom. The first-order chi connectivity index (χ1) is 16.4. The van der Waals surface area contributed by atoms with Crippen molar-refractivity contribution in [3.8, 4) is 0 Å². The highest BCUT2D eigenvalue weighted by molar-refractivity contribution is 9.09. The topological polar surface area (TPSA) is 98.7 Å². The fourth-order valence-electron chi connectivity index (χ4n) is 6.73. The number of nitrogens with zero attached hydrogens (tertiary/aromatic N) is 1. The third kappa shape index (κ3) is 3.69. The van der Waals surface area contributed by atoms with Gasteiger partial charge in [0.1, 0.15) is 6.04 Å². The van der Waals surface area contributed by atoms with E-state index in [0.29, 0.717) is 6.42 Å². The Morgan fingerprint density at radius 1 is 1.21 bits per heavy atom. The van der Waals surface area contributed by atoms with Gasteiger partial charge in [-0.3, -0.25) is 14.4 Å². The molecule has 1 saturated carbocycles. The summed E-state index contributed by atoms with van der Waals surface area (Å²) in [5.41, 5.74) is 0.789. The van der Waals surface area contributed by atoms with E-state index in [1.807, 2.05) is 30.3 Å². The predicted molar refractivity (Wildman–Crippen MR) is 134 cm³/mol. The van der Waals surface area contributed by atoms with Crippen molar-refractivity contribution in [2.75, 3.05) is 13.7 Å². The molecule has 2 bridgehead atoms. The second kappa shape index (κ2) is 9.47. The number of amides is 3. The first-order valence-corrected chi connectivity index (χ1v) is 14.0. The Bertz CT molecular complexity index is 959. The molecule has 0 radical (unpaired) electrons. The molecule has 3 heterocycles. The van der Waals surface area contributed by atoms with Crippen molar-refractivity contribution < 1.29 is 19.5 Å². The van der Waals surface area contributed by atoms with Crippen molar-refractivity contribution in [1.82, 2.24) is 15.5 Å². The molecule has 0 aromatic heterocycles. The number of alkyl halides is 1. The summed E-state index contributed by atoms with van der Waals surface area (Å²) in [5.74, 6) is -1.60. The molecule has 3 N–H and O–H groups in total. The molecule has 3 aliphatic heterocycles. The SMILES string of the molecule is CNC(=O)[C@H]1[C@H]2C(=O)N([C@H](CO)c3ccccc3)C(C(=O)NC3CCCCC3)C23CC(Br)[C@@H]1S3. The normalized spacial score (nSPS) is 35.8. The molecule has 9 heteroatoms. The smallest absolute Gasteiger partial charge is 0.244 e. The maximum absolute atomic E-state index is 14.1. The van der Waals surface area contributed by atoms with Crippen molar-refractivity contribution in [2.45, 2.75) is 71.5 Å². The lowest BCUT2D eigenvalue weighted by molar-refractivity contribution is -0.143. The molecular formula is C25H32BrN3O4S. The van der Waals surface area contributed by atoms with Crippen LogP contribution in [0.3, 0.4) is 0 Å². The van der Waals surface area contributed by atoms with Crippen LogP contribution in [0, 0.1) is 11.8 Å². The molecule has 4 aliphatic rings. The van der Waals surface area contributed by atoms with Crippen LogP contribution in [0.4, 0.5) is 0 Å². The molecular weight excluding hydrogens is 518 g/mol. The van der Waals surface area contributed by atoms with Gasteiger partial charge in [-0.15, -0.1) is 11.8 Å². The number of hydrogen-bond acceptors (Lipinski definition) is 5. The highest BCUT2D eigenvalue weighted by Gasteiger charge is 2.76. The zero-order chi connectivity index (χ0) is 24.0. The average Bonchev–Trinajstić information content (AvgIpc) is 3.44. The van der Waals surface area contributed by atoms with Crippen LogP contribution in [0.5, 0.6) is 0 Å². The summed E-state index contributed by atoms with van der Waals surface area (Å²) >= 11 is 5.39. The van der Waals surface area contributed by atoms with Crippen LogP contribution >= 0.6 is 27.7 Å². The lowest BCUT2D eigenvalue weighted by Gasteiger charge is -2.38. The third-order valence-corrected chi connectivity index (χ3v) is 11.4. The van der Waals surface area contributed by atoms with E-state index in [1.165, 1.54) is 6.42 Å². The van der Waals surface area contributed by atoms with E-state index in [4.69, 9.17) is 0 Å². The lowest BCUT2D eigenvalue weighted by atomic mass is 9.70. The summed E-state index contributed by atoms with van der Waals surface area (Å²) in [7, 11) is 1.60. The molecule has 7 atom stereocenters. The molecule has 34 heavy (non-hydrogen) atoms. The van der Waals surface area contributed by atoms with Gasteiger partial charge in [0.15, 0.2) is 0 Å². The van der Waals surface area contributed by atoms with Gasteiger partial charge in [0, 0.05) is 23.2 Å². The fourth-order valence-corrected chi connectivity index (χ4v) is 10.3. The van der Waals surface area contributed by atoms with Gasteiger partial charge in [0.25, 0.3) is 0 Å². The van der Waals surface area contributed by atoms with E-state index in [9.17, 15) is 19.5 Å². The van der Waals surface area contributed by atoms with Crippen LogP contribution in [-0.4, -0.2) is 68.3 Å². The molecule has 1 aliphatic carbocycles. The number of aliphatic hydroxyl groups excluding tert-OH is 1. The number of thioether (sulfide) groups is 1. The Kier molecular flexibility index (Phi) is 6.72.